The third kappa shape index (κ3) is 5.28. The zero-order valence-electron chi connectivity index (χ0n) is 12.1. The molecule has 1 rings (SSSR count). The lowest BCUT2D eigenvalue weighted by Gasteiger charge is -2.16. The van der Waals surface area contributed by atoms with E-state index in [-0.39, 0.29) is 10.6 Å². The number of nitrogens with zero attached hydrogens (tertiary/aromatic N) is 1. The van der Waals surface area contributed by atoms with Crippen molar-refractivity contribution in [2.45, 2.75) is 46.5 Å². The predicted octanol–water partition coefficient (Wildman–Crippen LogP) is 4.53. The van der Waals surface area contributed by atoms with Crippen LogP contribution in [-0.2, 0) is 0 Å². The fourth-order valence-electron chi connectivity index (χ4n) is 2.18. The second-order valence-corrected chi connectivity index (χ2v) is 5.11. The average molecular weight is 264 g/mol. The summed E-state index contributed by atoms with van der Waals surface area (Å²) in [5.74, 6) is 0.638. The highest BCUT2D eigenvalue weighted by Gasteiger charge is 2.10. The SMILES string of the molecule is CCCCC(CC)CNc1cc(C)cc([N+](=O)[O-])c1. The Kier molecular flexibility index (Phi) is 6.33. The molecule has 1 unspecified atom stereocenters. The predicted molar refractivity (Wildman–Crippen MR) is 79.6 cm³/mol. The fourth-order valence-corrected chi connectivity index (χ4v) is 2.18. The Morgan fingerprint density at radius 2 is 2.05 bits per heavy atom. The molecule has 0 aliphatic rings. The number of nitrogens with one attached hydrogen (secondary N) is 1. The van der Waals surface area contributed by atoms with Gasteiger partial charge in [-0.15, -0.1) is 0 Å². The normalized spacial score (nSPS) is 12.2. The molecule has 0 heterocycles. The van der Waals surface area contributed by atoms with Crippen LogP contribution in [0.2, 0.25) is 0 Å². The van der Waals surface area contributed by atoms with Crippen molar-refractivity contribution in [3.8, 4) is 0 Å². The van der Waals surface area contributed by atoms with Gasteiger partial charge in [-0.05, 0) is 30.9 Å². The lowest BCUT2D eigenvalue weighted by Crippen LogP contribution is -2.13. The highest BCUT2D eigenvalue weighted by Crippen LogP contribution is 2.21. The van der Waals surface area contributed by atoms with Crippen molar-refractivity contribution in [3.63, 3.8) is 0 Å². The Hall–Kier alpha value is -1.58. The van der Waals surface area contributed by atoms with Crippen molar-refractivity contribution in [1.82, 2.24) is 0 Å². The molecule has 106 valence electrons. The number of non-ortho nitro benzene ring substituents is 1. The summed E-state index contributed by atoms with van der Waals surface area (Å²) in [6.07, 6.45) is 4.81. The van der Waals surface area contributed by atoms with Crippen molar-refractivity contribution in [2.24, 2.45) is 5.92 Å². The van der Waals surface area contributed by atoms with Gasteiger partial charge in [0.2, 0.25) is 0 Å². The van der Waals surface area contributed by atoms with Crippen LogP contribution >= 0.6 is 0 Å². The van der Waals surface area contributed by atoms with Crippen LogP contribution in [0.1, 0.15) is 45.1 Å². The maximum atomic E-state index is 10.8. The number of unbranched alkanes of at least 4 members (excludes halogenated alkanes) is 1. The first kappa shape index (κ1) is 15.5. The smallest absolute Gasteiger partial charge is 0.271 e. The molecule has 0 bridgehead atoms. The molecule has 0 spiro atoms. The van der Waals surface area contributed by atoms with Gasteiger partial charge in [-0.3, -0.25) is 10.1 Å². The summed E-state index contributed by atoms with van der Waals surface area (Å²) >= 11 is 0. The number of benzene rings is 1. The number of nitro groups is 1. The van der Waals surface area contributed by atoms with Gasteiger partial charge in [0.25, 0.3) is 5.69 Å². The van der Waals surface area contributed by atoms with Gasteiger partial charge in [0.15, 0.2) is 0 Å². The van der Waals surface area contributed by atoms with Gasteiger partial charge < -0.3 is 5.32 Å². The van der Waals surface area contributed by atoms with E-state index < -0.39 is 0 Å². The van der Waals surface area contributed by atoms with Gasteiger partial charge >= 0.3 is 0 Å². The topological polar surface area (TPSA) is 55.2 Å². The molecule has 0 aliphatic heterocycles. The molecule has 0 aromatic heterocycles. The van der Waals surface area contributed by atoms with Crippen molar-refractivity contribution in [2.75, 3.05) is 11.9 Å². The minimum Gasteiger partial charge on any atom is -0.385 e. The lowest BCUT2D eigenvalue weighted by atomic mass is 9.99. The summed E-state index contributed by atoms with van der Waals surface area (Å²) in [5, 5.41) is 14.2. The number of rotatable bonds is 8. The number of nitro benzene ring substituents is 1. The van der Waals surface area contributed by atoms with E-state index in [2.05, 4.69) is 19.2 Å². The molecule has 0 fully saturated rings. The molecule has 1 aromatic carbocycles. The van der Waals surface area contributed by atoms with Gasteiger partial charge in [0.05, 0.1) is 4.92 Å². The molecule has 0 saturated heterocycles. The van der Waals surface area contributed by atoms with Gasteiger partial charge in [0.1, 0.15) is 0 Å². The van der Waals surface area contributed by atoms with E-state index in [1.54, 1.807) is 12.1 Å². The van der Waals surface area contributed by atoms with E-state index in [0.717, 1.165) is 24.2 Å². The Morgan fingerprint density at radius 3 is 2.63 bits per heavy atom. The maximum Gasteiger partial charge on any atom is 0.271 e. The number of hydrogen-bond acceptors (Lipinski definition) is 3. The zero-order chi connectivity index (χ0) is 14.3. The second-order valence-electron chi connectivity index (χ2n) is 5.11. The fraction of sp³-hybridized carbons (Fsp3) is 0.600. The first-order valence-corrected chi connectivity index (χ1v) is 7.06. The molecule has 0 saturated carbocycles. The van der Waals surface area contributed by atoms with Crippen LogP contribution in [0.3, 0.4) is 0 Å². The van der Waals surface area contributed by atoms with Crippen LogP contribution in [0, 0.1) is 23.0 Å². The van der Waals surface area contributed by atoms with E-state index in [1.165, 1.54) is 19.3 Å². The molecule has 4 nitrogen and oxygen atoms in total. The van der Waals surface area contributed by atoms with Gasteiger partial charge in [0, 0.05) is 24.4 Å². The molecule has 19 heavy (non-hydrogen) atoms. The minimum absolute atomic E-state index is 0.157. The second kappa shape index (κ2) is 7.77. The largest absolute Gasteiger partial charge is 0.385 e. The van der Waals surface area contributed by atoms with Crippen LogP contribution in [0.5, 0.6) is 0 Å². The van der Waals surface area contributed by atoms with Crippen LogP contribution in [0.25, 0.3) is 0 Å². The molecule has 0 radical (unpaired) electrons. The highest BCUT2D eigenvalue weighted by atomic mass is 16.6. The molecule has 4 heteroatoms. The summed E-state index contributed by atoms with van der Waals surface area (Å²) in [6.45, 7) is 7.16. The Morgan fingerprint density at radius 1 is 1.32 bits per heavy atom. The average Bonchev–Trinajstić information content (AvgIpc) is 2.38. The summed E-state index contributed by atoms with van der Waals surface area (Å²) in [4.78, 5) is 10.5. The number of hydrogen-bond donors (Lipinski definition) is 1. The Balaban J connectivity index is 2.63. The standard InChI is InChI=1S/C15H24N2O2/c1-4-6-7-13(5-2)11-16-14-8-12(3)9-15(10-14)17(18)19/h8-10,13,16H,4-7,11H2,1-3H3. The van der Waals surface area contributed by atoms with E-state index in [9.17, 15) is 10.1 Å². The van der Waals surface area contributed by atoms with Crippen molar-refractivity contribution in [3.05, 3.63) is 33.9 Å². The first-order chi connectivity index (χ1) is 9.06. The summed E-state index contributed by atoms with van der Waals surface area (Å²) in [7, 11) is 0. The Labute approximate surface area is 115 Å². The van der Waals surface area contributed by atoms with Crippen LogP contribution in [0.15, 0.2) is 18.2 Å². The van der Waals surface area contributed by atoms with Gasteiger partial charge in [-0.2, -0.15) is 0 Å². The third-order valence-electron chi connectivity index (χ3n) is 3.41. The molecule has 0 amide bonds. The van der Waals surface area contributed by atoms with Crippen LogP contribution < -0.4 is 5.32 Å². The van der Waals surface area contributed by atoms with E-state index >= 15 is 0 Å². The van der Waals surface area contributed by atoms with E-state index in [4.69, 9.17) is 0 Å². The van der Waals surface area contributed by atoms with Crippen molar-refractivity contribution >= 4 is 11.4 Å². The van der Waals surface area contributed by atoms with Crippen molar-refractivity contribution < 1.29 is 4.92 Å². The lowest BCUT2D eigenvalue weighted by molar-refractivity contribution is -0.384. The van der Waals surface area contributed by atoms with E-state index in [0.29, 0.717) is 5.92 Å². The quantitative estimate of drug-likeness (QED) is 0.554. The van der Waals surface area contributed by atoms with Crippen LogP contribution in [0.4, 0.5) is 11.4 Å². The molecule has 0 aliphatic carbocycles. The van der Waals surface area contributed by atoms with Gasteiger partial charge in [-0.25, -0.2) is 0 Å². The monoisotopic (exact) mass is 264 g/mol. The summed E-state index contributed by atoms with van der Waals surface area (Å²) in [6, 6.07) is 5.17. The zero-order valence-corrected chi connectivity index (χ0v) is 12.1. The maximum absolute atomic E-state index is 10.8. The molecular formula is C15H24N2O2. The van der Waals surface area contributed by atoms with Crippen molar-refractivity contribution in [1.29, 1.82) is 0 Å². The number of anilines is 1. The number of aryl methyl sites for hydroxylation is 1. The molecule has 1 atom stereocenters. The summed E-state index contributed by atoms with van der Waals surface area (Å²) < 4.78 is 0. The minimum atomic E-state index is -0.341. The Bertz CT molecular complexity index is 419. The molecule has 1 aromatic rings. The van der Waals surface area contributed by atoms with Gasteiger partial charge in [-0.1, -0.05) is 33.1 Å². The summed E-state index contributed by atoms with van der Waals surface area (Å²) in [5.41, 5.74) is 1.92. The molecular weight excluding hydrogens is 240 g/mol. The van der Waals surface area contributed by atoms with E-state index in [1.807, 2.05) is 13.0 Å². The first-order valence-electron chi connectivity index (χ1n) is 7.06. The highest BCUT2D eigenvalue weighted by molar-refractivity contribution is 5.53. The van der Waals surface area contributed by atoms with Crippen LogP contribution in [-0.4, -0.2) is 11.5 Å². The third-order valence-corrected chi connectivity index (χ3v) is 3.41. The molecule has 1 N–H and O–H groups in total.